The first-order valence-corrected chi connectivity index (χ1v) is 18.1. The van der Waals surface area contributed by atoms with Crippen LogP contribution in [0.15, 0.2) is 12.1 Å². The predicted molar refractivity (Wildman–Crippen MR) is 202 cm³/mol. The summed E-state index contributed by atoms with van der Waals surface area (Å²) in [6, 6.07) is 4.63. The van der Waals surface area contributed by atoms with Crippen LogP contribution in [-0.2, 0) is 12.8 Å². The van der Waals surface area contributed by atoms with Crippen molar-refractivity contribution >= 4 is 45.4 Å². The molecule has 3 aromatic rings. The summed E-state index contributed by atoms with van der Waals surface area (Å²) in [5.41, 5.74) is 18.5. The van der Waals surface area contributed by atoms with E-state index in [1.165, 1.54) is 33.4 Å². The van der Waals surface area contributed by atoms with Crippen LogP contribution in [0, 0.1) is 27.7 Å². The van der Waals surface area contributed by atoms with Crippen molar-refractivity contribution in [3.8, 4) is 0 Å². The van der Waals surface area contributed by atoms with E-state index in [2.05, 4.69) is 86.4 Å². The zero-order valence-electron chi connectivity index (χ0n) is 30.0. The Morgan fingerprint density at radius 3 is 1.73 bits per heavy atom. The van der Waals surface area contributed by atoms with E-state index in [0.717, 1.165) is 134 Å². The molecular weight excluding hydrogens is 596 g/mol. The van der Waals surface area contributed by atoms with Gasteiger partial charge in [-0.3, -0.25) is 0 Å². The third-order valence-corrected chi connectivity index (χ3v) is 9.91. The van der Waals surface area contributed by atoms with Gasteiger partial charge in [0.1, 0.15) is 0 Å². The van der Waals surface area contributed by atoms with Gasteiger partial charge < -0.3 is 30.8 Å². The van der Waals surface area contributed by atoms with Gasteiger partial charge in [-0.25, -0.2) is 9.97 Å². The van der Waals surface area contributed by atoms with Gasteiger partial charge >= 0.3 is 0 Å². The number of hydrogen-bond donors (Lipinski definition) is 6. The molecule has 0 saturated carbocycles. The molecule has 48 heavy (non-hydrogen) atoms. The fraction of sp³-hybridized carbons (Fsp3) is 0.500. The number of aliphatic hydroxyl groups excluding tert-OH is 2. The van der Waals surface area contributed by atoms with Crippen LogP contribution in [-0.4, -0.2) is 69.5 Å². The number of aromatic amines is 2. The van der Waals surface area contributed by atoms with E-state index in [1.807, 2.05) is 0 Å². The van der Waals surface area contributed by atoms with Gasteiger partial charge in [-0.1, -0.05) is 13.8 Å². The number of fused-ring (bicyclic) bond motifs is 8. The van der Waals surface area contributed by atoms with Crippen molar-refractivity contribution in [1.29, 1.82) is 0 Å². The van der Waals surface area contributed by atoms with Crippen LogP contribution in [0.25, 0.3) is 45.4 Å². The van der Waals surface area contributed by atoms with Crippen LogP contribution in [0.3, 0.4) is 0 Å². The topological polar surface area (TPSA) is 122 Å². The minimum atomic E-state index is 0.215. The Kier molecular flexibility index (Phi) is 12.4. The molecule has 8 bridgehead atoms. The van der Waals surface area contributed by atoms with Gasteiger partial charge in [0.2, 0.25) is 0 Å². The van der Waals surface area contributed by atoms with Gasteiger partial charge in [0, 0.05) is 35.3 Å². The van der Waals surface area contributed by atoms with Gasteiger partial charge in [-0.05, 0) is 174 Å². The van der Waals surface area contributed by atoms with E-state index in [4.69, 9.17) is 9.97 Å². The second-order valence-corrected chi connectivity index (χ2v) is 13.3. The van der Waals surface area contributed by atoms with Gasteiger partial charge in [0.15, 0.2) is 0 Å². The summed E-state index contributed by atoms with van der Waals surface area (Å²) in [6.45, 7) is 17.1. The Morgan fingerprint density at radius 1 is 0.583 bits per heavy atom. The minimum Gasteiger partial charge on any atom is -0.396 e. The zero-order chi connectivity index (χ0) is 34.2. The maximum absolute atomic E-state index is 9.17. The number of allylic oxidation sites excluding steroid dienone is 2. The Morgan fingerprint density at radius 2 is 1.10 bits per heavy atom. The quantitative estimate of drug-likeness (QED) is 0.0907. The van der Waals surface area contributed by atoms with Crippen molar-refractivity contribution in [3.63, 3.8) is 0 Å². The summed E-state index contributed by atoms with van der Waals surface area (Å²) >= 11 is 0. The van der Waals surface area contributed by atoms with Crippen molar-refractivity contribution in [2.24, 2.45) is 0 Å². The molecule has 0 spiro atoms. The molecule has 0 aliphatic carbocycles. The van der Waals surface area contributed by atoms with Crippen molar-refractivity contribution in [1.82, 2.24) is 30.6 Å². The highest BCUT2D eigenvalue weighted by Crippen LogP contribution is 2.35. The lowest BCUT2D eigenvalue weighted by Gasteiger charge is -2.08. The summed E-state index contributed by atoms with van der Waals surface area (Å²) in [7, 11) is 0. The number of aryl methyl sites for hydroxylation is 6. The first-order chi connectivity index (χ1) is 23.3. The van der Waals surface area contributed by atoms with Crippen LogP contribution in [0.5, 0.6) is 0 Å². The highest BCUT2D eigenvalue weighted by molar-refractivity contribution is 5.91. The number of nitrogens with one attached hydrogen (secondary N) is 4. The molecule has 6 N–H and O–H groups in total. The molecule has 3 aromatic heterocycles. The molecule has 0 fully saturated rings. The Balaban J connectivity index is 1.74. The number of hydrogen-bond acceptors (Lipinski definition) is 6. The van der Waals surface area contributed by atoms with Crippen molar-refractivity contribution in [3.05, 3.63) is 68.3 Å². The van der Waals surface area contributed by atoms with Gasteiger partial charge in [0.05, 0.1) is 22.8 Å². The van der Waals surface area contributed by atoms with E-state index in [9.17, 15) is 10.2 Å². The Labute approximate surface area is 286 Å². The minimum absolute atomic E-state index is 0.215. The molecule has 0 saturated heterocycles. The highest BCUT2D eigenvalue weighted by atomic mass is 16.3. The molecule has 258 valence electrons. The summed E-state index contributed by atoms with van der Waals surface area (Å²) < 4.78 is 0. The predicted octanol–water partition coefficient (Wildman–Crippen LogP) is 7.26. The van der Waals surface area contributed by atoms with E-state index < -0.39 is 0 Å². The van der Waals surface area contributed by atoms with Crippen molar-refractivity contribution in [2.75, 3.05) is 39.4 Å². The van der Waals surface area contributed by atoms with Gasteiger partial charge in [0.25, 0.3) is 0 Å². The lowest BCUT2D eigenvalue weighted by Crippen LogP contribution is -2.18. The second-order valence-electron chi connectivity index (χ2n) is 13.3. The molecule has 2 aliphatic rings. The van der Waals surface area contributed by atoms with Crippen LogP contribution in [0.2, 0.25) is 0 Å². The molecule has 5 heterocycles. The molecule has 0 atom stereocenters. The van der Waals surface area contributed by atoms with Crippen LogP contribution in [0.4, 0.5) is 0 Å². The van der Waals surface area contributed by atoms with Crippen LogP contribution < -0.4 is 10.6 Å². The smallest absolute Gasteiger partial charge is 0.0719 e. The second kappa shape index (κ2) is 16.7. The summed E-state index contributed by atoms with van der Waals surface area (Å²) in [5.74, 6) is 0. The molecule has 8 heteroatoms. The van der Waals surface area contributed by atoms with Gasteiger partial charge in [-0.2, -0.15) is 0 Å². The fourth-order valence-corrected chi connectivity index (χ4v) is 6.93. The maximum Gasteiger partial charge on any atom is 0.0719 e. The molecule has 0 amide bonds. The largest absolute Gasteiger partial charge is 0.396 e. The van der Waals surface area contributed by atoms with E-state index in [0.29, 0.717) is 0 Å². The molecule has 8 nitrogen and oxygen atoms in total. The third-order valence-electron chi connectivity index (χ3n) is 9.91. The number of nitrogens with zero attached hydrogens (tertiary/aromatic N) is 2. The first-order valence-electron chi connectivity index (χ1n) is 18.1. The number of rotatable bonds is 16. The lowest BCUT2D eigenvalue weighted by atomic mass is 10.0. The lowest BCUT2D eigenvalue weighted by molar-refractivity contribution is 0.286. The number of H-pyrrole nitrogens is 2. The van der Waals surface area contributed by atoms with E-state index in [-0.39, 0.29) is 13.2 Å². The zero-order valence-corrected chi connectivity index (χ0v) is 30.0. The van der Waals surface area contributed by atoms with Crippen molar-refractivity contribution < 1.29 is 10.2 Å². The Bertz CT molecular complexity index is 1830. The average molecular weight is 653 g/mol. The molecular formula is C40H56N6O2. The monoisotopic (exact) mass is 652 g/mol. The Hall–Kier alpha value is -3.56. The van der Waals surface area contributed by atoms with Crippen molar-refractivity contribution in [2.45, 2.75) is 92.9 Å². The van der Waals surface area contributed by atoms with Crippen LogP contribution >= 0.6 is 0 Å². The van der Waals surface area contributed by atoms with E-state index >= 15 is 0 Å². The first kappa shape index (κ1) is 35.7. The standard InChI is InChI=1S/C40H56N6O2/c1-7-29-21-33-25(3)34-23-31(13-9-15-41-17-11-19-47)39(44-34)28(6)40-32(14-10-16-42-18-12-20-48)24-36(46-40)27(5)38-30(8-2)22-35(45-38)26(4)37(29)43-33/h21-24,41-43,46-48H,7-20H2,1-6H3. The summed E-state index contributed by atoms with van der Waals surface area (Å²) in [6.07, 6.45) is 11.8. The number of aliphatic hydroxyl groups is 2. The average Bonchev–Trinajstić information content (AvgIpc) is 3.90. The molecule has 0 aromatic carbocycles. The number of aromatic nitrogens is 4. The SMILES string of the molecule is CCC1=Cc2nc1c(C)c1cc(CCCNCCCO)c([nH]1)c(C)c1nc(c(C)c3cc(CC)c([nH]3)c2C)C=C1CCCNCCCO. The maximum atomic E-state index is 9.17. The third kappa shape index (κ3) is 7.84. The molecule has 0 unspecified atom stereocenters. The molecule has 5 rings (SSSR count). The summed E-state index contributed by atoms with van der Waals surface area (Å²) in [4.78, 5) is 18.3. The van der Waals surface area contributed by atoms with E-state index in [1.54, 1.807) is 0 Å². The fourth-order valence-electron chi connectivity index (χ4n) is 6.93. The highest BCUT2D eigenvalue weighted by Gasteiger charge is 2.20. The van der Waals surface area contributed by atoms with Gasteiger partial charge in [-0.15, -0.1) is 0 Å². The normalized spacial score (nSPS) is 12.9. The van der Waals surface area contributed by atoms with Crippen LogP contribution in [0.1, 0.15) is 109 Å². The molecule has 2 aliphatic heterocycles. The molecule has 0 radical (unpaired) electrons. The summed E-state index contributed by atoms with van der Waals surface area (Å²) in [5, 5.41) is 25.3.